The zero-order valence-corrected chi connectivity index (χ0v) is 18.1. The first-order valence-corrected chi connectivity index (χ1v) is 10.9. The number of carbonyl (C=O) groups is 2. The van der Waals surface area contributed by atoms with Gasteiger partial charge in [-0.3, -0.25) is 9.59 Å². The molecule has 0 unspecified atom stereocenters. The molecule has 0 atom stereocenters. The molecular formula is C24H33N3O3. The summed E-state index contributed by atoms with van der Waals surface area (Å²) in [4.78, 5) is 29.7. The number of hydrogen-bond acceptors (Lipinski definition) is 3. The van der Waals surface area contributed by atoms with Gasteiger partial charge in [0.1, 0.15) is 0 Å². The van der Waals surface area contributed by atoms with E-state index in [0.29, 0.717) is 32.8 Å². The number of carbonyl (C=O) groups excluding carboxylic acids is 2. The van der Waals surface area contributed by atoms with Crippen LogP contribution in [0.15, 0.2) is 48.7 Å². The number of aryl methyl sites for hydroxylation is 1. The molecule has 2 amide bonds. The van der Waals surface area contributed by atoms with Crippen molar-refractivity contribution in [1.29, 1.82) is 0 Å². The van der Waals surface area contributed by atoms with E-state index < -0.39 is 0 Å². The minimum atomic E-state index is -0.0227. The first-order valence-electron chi connectivity index (χ1n) is 10.9. The van der Waals surface area contributed by atoms with Crippen LogP contribution in [0.1, 0.15) is 37.4 Å². The first-order chi connectivity index (χ1) is 14.6. The molecule has 1 aliphatic carbocycles. The quantitative estimate of drug-likeness (QED) is 0.504. The molecule has 1 aliphatic rings. The zero-order valence-electron chi connectivity index (χ0n) is 18.1. The van der Waals surface area contributed by atoms with Crippen LogP contribution in [0.5, 0.6) is 0 Å². The second-order valence-corrected chi connectivity index (χ2v) is 7.93. The standard InChI is InChI=1S/C24H33N3O3/c1-3-30-16-8-15-26(24(29)21-12-13-21)19-23(28)27(17-20-9-5-4-6-10-20)18-22-11-7-14-25(22)2/h4-7,9-11,14,21H,3,8,12-13,15-19H2,1-2H3. The van der Waals surface area contributed by atoms with Gasteiger partial charge in [0.05, 0.1) is 13.1 Å². The van der Waals surface area contributed by atoms with Crippen LogP contribution in [0, 0.1) is 5.92 Å². The summed E-state index contributed by atoms with van der Waals surface area (Å²) in [5, 5.41) is 0. The smallest absolute Gasteiger partial charge is 0.242 e. The highest BCUT2D eigenvalue weighted by Gasteiger charge is 2.34. The van der Waals surface area contributed by atoms with Crippen molar-refractivity contribution in [2.45, 2.75) is 39.3 Å². The average Bonchev–Trinajstić information content (AvgIpc) is 3.53. The van der Waals surface area contributed by atoms with Gasteiger partial charge in [-0.25, -0.2) is 0 Å². The molecule has 1 fully saturated rings. The number of benzene rings is 1. The Morgan fingerprint density at radius 1 is 1.07 bits per heavy atom. The molecule has 1 aromatic heterocycles. The van der Waals surface area contributed by atoms with Crippen LogP contribution in [-0.4, -0.2) is 52.5 Å². The minimum absolute atomic E-state index is 0.0227. The van der Waals surface area contributed by atoms with Gasteiger partial charge in [-0.2, -0.15) is 0 Å². The SMILES string of the molecule is CCOCCCN(CC(=O)N(Cc1ccccc1)Cc1cccn1C)C(=O)C1CC1. The lowest BCUT2D eigenvalue weighted by molar-refractivity contribution is -0.142. The Balaban J connectivity index is 1.70. The molecule has 6 heteroatoms. The third kappa shape index (κ3) is 6.46. The van der Waals surface area contributed by atoms with Gasteiger partial charge < -0.3 is 19.1 Å². The Morgan fingerprint density at radius 2 is 1.83 bits per heavy atom. The fourth-order valence-corrected chi connectivity index (χ4v) is 3.51. The lowest BCUT2D eigenvalue weighted by Gasteiger charge is -2.28. The van der Waals surface area contributed by atoms with E-state index >= 15 is 0 Å². The predicted octanol–water partition coefficient (Wildman–Crippen LogP) is 3.22. The highest BCUT2D eigenvalue weighted by atomic mass is 16.5. The van der Waals surface area contributed by atoms with E-state index in [2.05, 4.69) is 0 Å². The maximum atomic E-state index is 13.3. The molecule has 162 valence electrons. The number of ether oxygens (including phenoxy) is 1. The molecule has 0 radical (unpaired) electrons. The Labute approximate surface area is 179 Å². The summed E-state index contributed by atoms with van der Waals surface area (Å²) in [5.41, 5.74) is 2.15. The molecule has 0 aliphatic heterocycles. The van der Waals surface area contributed by atoms with Gasteiger partial charge in [0.2, 0.25) is 11.8 Å². The first kappa shape index (κ1) is 22.1. The van der Waals surface area contributed by atoms with Crippen molar-refractivity contribution in [3.05, 3.63) is 59.9 Å². The van der Waals surface area contributed by atoms with Gasteiger partial charge >= 0.3 is 0 Å². The third-order valence-electron chi connectivity index (χ3n) is 5.46. The molecule has 30 heavy (non-hydrogen) atoms. The Morgan fingerprint density at radius 3 is 2.47 bits per heavy atom. The van der Waals surface area contributed by atoms with Crippen molar-refractivity contribution in [3.8, 4) is 0 Å². The summed E-state index contributed by atoms with van der Waals surface area (Å²) in [5.74, 6) is 0.184. The number of hydrogen-bond donors (Lipinski definition) is 0. The molecule has 1 saturated carbocycles. The molecule has 0 saturated heterocycles. The number of rotatable bonds is 12. The molecule has 1 aromatic carbocycles. The van der Waals surface area contributed by atoms with Crippen molar-refractivity contribution in [3.63, 3.8) is 0 Å². The van der Waals surface area contributed by atoms with E-state index in [0.717, 1.165) is 30.5 Å². The van der Waals surface area contributed by atoms with E-state index in [1.54, 1.807) is 4.90 Å². The molecule has 3 rings (SSSR count). The fourth-order valence-electron chi connectivity index (χ4n) is 3.51. The summed E-state index contributed by atoms with van der Waals surface area (Å²) in [7, 11) is 1.98. The highest BCUT2D eigenvalue weighted by Crippen LogP contribution is 2.31. The van der Waals surface area contributed by atoms with Crippen LogP contribution in [0.25, 0.3) is 0 Å². The predicted molar refractivity (Wildman–Crippen MR) is 117 cm³/mol. The van der Waals surface area contributed by atoms with E-state index in [4.69, 9.17) is 4.74 Å². The Kier molecular flexibility index (Phi) is 8.08. The van der Waals surface area contributed by atoms with Crippen molar-refractivity contribution in [2.75, 3.05) is 26.3 Å². The minimum Gasteiger partial charge on any atom is -0.382 e. The summed E-state index contributed by atoms with van der Waals surface area (Å²) < 4.78 is 7.45. The second-order valence-electron chi connectivity index (χ2n) is 7.93. The number of nitrogens with zero attached hydrogens (tertiary/aromatic N) is 3. The monoisotopic (exact) mass is 411 g/mol. The summed E-state index contributed by atoms with van der Waals surface area (Å²) in [6, 6.07) is 14.0. The van der Waals surface area contributed by atoms with E-state index in [1.165, 1.54) is 0 Å². The van der Waals surface area contributed by atoms with Crippen molar-refractivity contribution in [1.82, 2.24) is 14.4 Å². The second kappa shape index (κ2) is 11.0. The molecule has 2 aromatic rings. The Hall–Kier alpha value is -2.60. The van der Waals surface area contributed by atoms with Crippen LogP contribution in [-0.2, 0) is 34.5 Å². The van der Waals surface area contributed by atoms with Gasteiger partial charge in [-0.1, -0.05) is 30.3 Å². The molecule has 0 spiro atoms. The molecule has 0 bridgehead atoms. The van der Waals surface area contributed by atoms with Crippen LogP contribution < -0.4 is 0 Å². The van der Waals surface area contributed by atoms with Crippen molar-refractivity contribution >= 4 is 11.8 Å². The largest absolute Gasteiger partial charge is 0.382 e. The highest BCUT2D eigenvalue weighted by molar-refractivity contribution is 5.87. The van der Waals surface area contributed by atoms with Crippen LogP contribution in [0.3, 0.4) is 0 Å². The lowest BCUT2D eigenvalue weighted by atomic mass is 10.2. The van der Waals surface area contributed by atoms with E-state index in [-0.39, 0.29) is 24.3 Å². The lowest BCUT2D eigenvalue weighted by Crippen LogP contribution is -2.43. The van der Waals surface area contributed by atoms with Gasteiger partial charge in [-0.05, 0) is 43.9 Å². The van der Waals surface area contributed by atoms with Gasteiger partial charge in [-0.15, -0.1) is 0 Å². The van der Waals surface area contributed by atoms with Crippen LogP contribution in [0.4, 0.5) is 0 Å². The summed E-state index contributed by atoms with van der Waals surface area (Å²) in [6.45, 7) is 4.95. The normalized spacial score (nSPS) is 13.3. The Bertz CT molecular complexity index is 814. The van der Waals surface area contributed by atoms with Crippen molar-refractivity contribution < 1.29 is 14.3 Å². The summed E-state index contributed by atoms with van der Waals surface area (Å²) >= 11 is 0. The van der Waals surface area contributed by atoms with Gasteiger partial charge in [0.15, 0.2) is 0 Å². The van der Waals surface area contributed by atoms with E-state index in [1.807, 2.05) is 72.1 Å². The maximum absolute atomic E-state index is 13.3. The van der Waals surface area contributed by atoms with Crippen LogP contribution >= 0.6 is 0 Å². The number of aromatic nitrogens is 1. The molecule has 6 nitrogen and oxygen atoms in total. The summed E-state index contributed by atoms with van der Waals surface area (Å²) in [6.07, 6.45) is 4.60. The van der Waals surface area contributed by atoms with Gasteiger partial charge in [0.25, 0.3) is 0 Å². The average molecular weight is 412 g/mol. The third-order valence-corrected chi connectivity index (χ3v) is 5.46. The maximum Gasteiger partial charge on any atom is 0.242 e. The van der Waals surface area contributed by atoms with Crippen molar-refractivity contribution in [2.24, 2.45) is 13.0 Å². The fraction of sp³-hybridized carbons (Fsp3) is 0.500. The van der Waals surface area contributed by atoms with Crippen LogP contribution in [0.2, 0.25) is 0 Å². The molecular weight excluding hydrogens is 378 g/mol. The zero-order chi connectivity index (χ0) is 21.3. The number of amides is 2. The van der Waals surface area contributed by atoms with Gasteiger partial charge in [0, 0.05) is 51.2 Å². The van der Waals surface area contributed by atoms with E-state index in [9.17, 15) is 9.59 Å². The topological polar surface area (TPSA) is 54.8 Å². The molecule has 1 heterocycles. The molecule has 0 N–H and O–H groups in total.